The van der Waals surface area contributed by atoms with Gasteiger partial charge in [-0.3, -0.25) is 47.9 Å². The number of imidazole rings is 2. The zero-order valence-corrected chi connectivity index (χ0v) is 48.9. The van der Waals surface area contributed by atoms with Gasteiger partial charge in [0.1, 0.15) is 60.1 Å². The topological polar surface area (TPSA) is 412 Å². The normalized spacial score (nSPS) is 17.0. The Bertz CT molecular complexity index is 3660. The third kappa shape index (κ3) is 16.2. The van der Waals surface area contributed by atoms with Crippen molar-refractivity contribution in [1.29, 1.82) is 0 Å². The smallest absolute Gasteiger partial charge is 0.246 e. The lowest BCUT2D eigenvalue weighted by molar-refractivity contribution is -0.141. The molecule has 2 fully saturated rings. The van der Waals surface area contributed by atoms with Gasteiger partial charge in [0, 0.05) is 110 Å². The van der Waals surface area contributed by atoms with Crippen LogP contribution in [0.15, 0.2) is 110 Å². The lowest BCUT2D eigenvalue weighted by Crippen LogP contribution is -2.61. The summed E-state index contributed by atoms with van der Waals surface area (Å²) in [6, 6.07) is 8.88. The van der Waals surface area contributed by atoms with Gasteiger partial charge in [-0.15, -0.1) is 0 Å². The van der Waals surface area contributed by atoms with Crippen LogP contribution in [0.2, 0.25) is 0 Å². The number of carbonyl (C=O) groups is 10. The Morgan fingerprint density at radius 3 is 1.62 bits per heavy atom. The highest BCUT2D eigenvalue weighted by molar-refractivity contribution is 6.00. The summed E-state index contributed by atoms with van der Waals surface area (Å²) in [7, 11) is 0. The molecule has 9 rings (SSSR count). The predicted octanol–water partition coefficient (Wildman–Crippen LogP) is -0.874. The van der Waals surface area contributed by atoms with Gasteiger partial charge in [0.15, 0.2) is 0 Å². The number of phenolic OH excluding ortho intramolecular Hbond substituents is 1. The minimum absolute atomic E-state index is 0.0181. The molecule has 0 spiro atoms. The van der Waals surface area contributed by atoms with Crippen molar-refractivity contribution in [3.63, 3.8) is 0 Å². The van der Waals surface area contributed by atoms with E-state index in [1.54, 1.807) is 49.6 Å². The molecule has 15 N–H and O–H groups in total. The van der Waals surface area contributed by atoms with Crippen LogP contribution < -0.4 is 47.9 Å². The van der Waals surface area contributed by atoms with Crippen molar-refractivity contribution in [3.05, 3.63) is 138 Å². The Balaban J connectivity index is 0.916. The minimum atomic E-state index is -1.74. The van der Waals surface area contributed by atoms with Crippen LogP contribution in [0.4, 0.5) is 0 Å². The number of aromatic nitrogens is 6. The first kappa shape index (κ1) is 63.1. The second-order valence-electron chi connectivity index (χ2n) is 22.1. The van der Waals surface area contributed by atoms with Gasteiger partial charge in [0.25, 0.3) is 0 Å². The number of hydrogen-bond donors (Lipinski definition) is 15. The first-order valence-corrected chi connectivity index (χ1v) is 29.4. The number of carbonyl (C=O) groups excluding carboxylic acids is 10. The summed E-state index contributed by atoms with van der Waals surface area (Å²) < 4.78 is 0. The summed E-state index contributed by atoms with van der Waals surface area (Å²) in [5.41, 5.74) is 4.08. The van der Waals surface area contributed by atoms with E-state index < -0.39 is 108 Å². The van der Waals surface area contributed by atoms with Crippen LogP contribution in [0.5, 0.6) is 5.75 Å². The molecule has 89 heavy (non-hydrogen) atoms. The van der Waals surface area contributed by atoms with E-state index in [0.717, 1.165) is 16.4 Å². The second kappa shape index (κ2) is 29.3. The largest absolute Gasteiger partial charge is 0.508 e. The number of nitrogens with one attached hydrogen (secondary N) is 13. The maximum atomic E-state index is 14.8. The van der Waals surface area contributed by atoms with Gasteiger partial charge in [-0.2, -0.15) is 0 Å². The molecule has 0 bridgehead atoms. The van der Waals surface area contributed by atoms with E-state index in [2.05, 4.69) is 77.8 Å². The van der Waals surface area contributed by atoms with Crippen LogP contribution in [-0.2, 0) is 80.0 Å². The number of benzene rings is 3. The molecular weight excluding hydrogens is 1150 g/mol. The minimum Gasteiger partial charge on any atom is -0.508 e. The molecule has 0 unspecified atom stereocenters. The number of rotatable bonds is 28. The van der Waals surface area contributed by atoms with E-state index in [-0.39, 0.29) is 69.1 Å². The number of likely N-dealkylation sites (N-methyl/N-ethyl adjacent to an activating group) is 1. The average Bonchev–Trinajstić information content (AvgIpc) is 2.78. The number of nitrogens with zero attached hydrogens (tertiary/aromatic N) is 3. The van der Waals surface area contributed by atoms with Crippen LogP contribution in [0, 0.1) is 0 Å². The molecule has 9 atom stereocenters. The Kier molecular flexibility index (Phi) is 20.8. The average molecular weight is 1220 g/mol. The molecule has 0 saturated carbocycles. The fourth-order valence-electron chi connectivity index (χ4n) is 11.0. The first-order chi connectivity index (χ1) is 42.9. The van der Waals surface area contributed by atoms with Crippen LogP contribution in [0.3, 0.4) is 0 Å². The molecule has 28 nitrogen and oxygen atoms in total. The molecule has 2 aliphatic heterocycles. The fourth-order valence-corrected chi connectivity index (χ4v) is 11.0. The lowest BCUT2D eigenvalue weighted by atomic mass is 10.0. The van der Waals surface area contributed by atoms with Gasteiger partial charge in [-0.25, -0.2) is 9.97 Å². The van der Waals surface area contributed by atoms with Gasteiger partial charge in [0.2, 0.25) is 59.1 Å². The number of aliphatic hydroxyl groups is 1. The Morgan fingerprint density at radius 1 is 0.584 bits per heavy atom. The number of aromatic hydroxyl groups is 1. The summed E-state index contributed by atoms with van der Waals surface area (Å²) in [6.45, 7) is 2.71. The van der Waals surface area contributed by atoms with Gasteiger partial charge >= 0.3 is 0 Å². The number of phenols is 1. The maximum Gasteiger partial charge on any atom is 0.246 e. The molecule has 2 aliphatic rings. The zero-order chi connectivity index (χ0) is 63.1. The van der Waals surface area contributed by atoms with Crippen LogP contribution in [-0.4, -0.2) is 178 Å². The number of aliphatic hydroxyl groups excluding tert-OH is 1. The Morgan fingerprint density at radius 2 is 1.09 bits per heavy atom. The van der Waals surface area contributed by atoms with E-state index >= 15 is 0 Å². The zero-order valence-electron chi connectivity index (χ0n) is 48.9. The van der Waals surface area contributed by atoms with Crippen molar-refractivity contribution in [2.45, 2.75) is 126 Å². The number of H-pyrrole nitrogens is 4. The van der Waals surface area contributed by atoms with Crippen molar-refractivity contribution in [2.75, 3.05) is 19.7 Å². The number of fused-ring (bicyclic) bond motifs is 2. The first-order valence-electron chi connectivity index (χ1n) is 29.4. The monoisotopic (exact) mass is 1220 g/mol. The SMILES string of the molecule is CCNC(=O)[C@@H]1CCCN1C(=O)[C@H](Cc1ccc(O)cc1)NC(=O)[C@H](Cc1c[nH]c2ccccc12)NC(=O)[C@@H](C)NC(=O)[C@H](Cc1cnc[nH]1)NC(=O)[C@H](CO)NC(=O)[C@H](Cc1c[nH]c2ccccc12)NC(=O)[C@H](Cc1cnc[nH]1)NC(=O)[C@@H]1CCC(=O)N1. The van der Waals surface area contributed by atoms with E-state index in [1.807, 2.05) is 30.3 Å². The maximum absolute atomic E-state index is 14.8. The van der Waals surface area contributed by atoms with E-state index in [1.165, 1.54) is 49.0 Å². The number of amides is 10. The third-order valence-electron chi connectivity index (χ3n) is 15.7. The highest BCUT2D eigenvalue weighted by Crippen LogP contribution is 2.24. The fraction of sp³-hybridized carbons (Fsp3) is 0.377. The van der Waals surface area contributed by atoms with Crippen molar-refractivity contribution in [2.24, 2.45) is 0 Å². The van der Waals surface area contributed by atoms with Gasteiger partial charge < -0.3 is 82.9 Å². The molecule has 7 aromatic rings. The highest BCUT2D eigenvalue weighted by atomic mass is 16.3. The Hall–Kier alpha value is -10.4. The second-order valence-corrected chi connectivity index (χ2v) is 22.1. The lowest BCUT2D eigenvalue weighted by Gasteiger charge is -2.30. The summed E-state index contributed by atoms with van der Waals surface area (Å²) in [5.74, 6) is -7.15. The summed E-state index contributed by atoms with van der Waals surface area (Å²) >= 11 is 0. The van der Waals surface area contributed by atoms with Gasteiger partial charge in [0.05, 0.1) is 19.3 Å². The number of hydrogen-bond acceptors (Lipinski definition) is 14. The predicted molar refractivity (Wildman–Crippen MR) is 321 cm³/mol. The summed E-state index contributed by atoms with van der Waals surface area (Å²) in [5, 5.41) is 46.3. The number of aromatic amines is 4. The number of likely N-dealkylation sites (tertiary alicyclic amines) is 1. The Labute approximate surface area is 509 Å². The van der Waals surface area contributed by atoms with Crippen LogP contribution in [0.1, 0.15) is 67.6 Å². The molecular formula is C61H72N16O12. The molecule has 6 heterocycles. The van der Waals surface area contributed by atoms with E-state index in [4.69, 9.17) is 0 Å². The standard InChI is InChI=1S/C61H72N16O12/c1-3-64-60(88)51-13-8-20-77(51)61(89)49(21-34-14-16-39(79)17-15-34)75-56(84)45(22-35-26-65-42-11-6-4-9-40(35)42)71-53(81)33(2)69-55(83)47(24-37-28-62-31-67-37)74-59(87)50(30-78)76-57(85)46(23-36-27-66-43-12-7-5-10-41(36)43)72-58(86)48(25-38-29-63-32-68-38)73-54(82)44-18-19-52(80)70-44/h4-7,9-12,14-17,26-29,31-33,44-51,65-66,78-79H,3,8,13,18-25,30H2,1-2H3,(H,62,67)(H,63,68)(H,64,88)(H,69,83)(H,70,80)(H,71,81)(H,72,86)(H,73,82)(H,74,87)(H,75,84)(H,76,85)/t33-,44+,45+,46+,47+,48+,49+,50+,51+/m1/s1. The van der Waals surface area contributed by atoms with Gasteiger partial charge in [-0.1, -0.05) is 48.5 Å². The molecule has 468 valence electrons. The molecule has 0 aliphatic carbocycles. The molecule has 10 amide bonds. The third-order valence-corrected chi connectivity index (χ3v) is 15.7. The van der Waals surface area contributed by atoms with Crippen molar-refractivity contribution >= 4 is 80.9 Å². The molecule has 4 aromatic heterocycles. The summed E-state index contributed by atoms with van der Waals surface area (Å²) in [4.78, 5) is 161. The van der Waals surface area contributed by atoms with E-state index in [9.17, 15) is 58.2 Å². The molecule has 0 radical (unpaired) electrons. The van der Waals surface area contributed by atoms with Crippen molar-refractivity contribution in [3.8, 4) is 5.75 Å². The van der Waals surface area contributed by atoms with Gasteiger partial charge in [-0.05, 0) is 74.1 Å². The highest BCUT2D eigenvalue weighted by Gasteiger charge is 2.40. The molecule has 3 aromatic carbocycles. The van der Waals surface area contributed by atoms with Crippen LogP contribution >= 0.6 is 0 Å². The molecule has 28 heteroatoms. The summed E-state index contributed by atoms with van der Waals surface area (Å²) in [6.07, 6.45) is 9.54. The quantitative estimate of drug-likeness (QED) is 0.0284. The molecule has 2 saturated heterocycles. The van der Waals surface area contributed by atoms with Crippen molar-refractivity contribution < 1.29 is 58.2 Å². The van der Waals surface area contributed by atoms with Crippen LogP contribution in [0.25, 0.3) is 21.8 Å². The van der Waals surface area contributed by atoms with Crippen molar-refractivity contribution in [1.82, 2.24) is 82.7 Å². The van der Waals surface area contributed by atoms with E-state index in [0.29, 0.717) is 52.9 Å². The number of para-hydroxylation sites is 2.